The van der Waals surface area contributed by atoms with Crippen LogP contribution in [0.25, 0.3) is 0 Å². The van der Waals surface area contributed by atoms with Crippen molar-refractivity contribution < 1.29 is 0 Å². The van der Waals surface area contributed by atoms with Gasteiger partial charge >= 0.3 is 0 Å². The molecule has 1 nitrogen and oxygen atoms in total. The topological polar surface area (TPSA) is 26.0 Å². The fraction of sp³-hybridized carbons (Fsp3) is 0.571. The van der Waals surface area contributed by atoms with E-state index in [0.717, 1.165) is 12.8 Å². The zero-order valence-electron chi connectivity index (χ0n) is 10.4. The Morgan fingerprint density at radius 3 is 2.27 bits per heavy atom. The molecule has 0 saturated carbocycles. The summed E-state index contributed by atoms with van der Waals surface area (Å²) in [4.78, 5) is 0. The first-order valence-electron chi connectivity index (χ1n) is 5.87. The van der Waals surface area contributed by atoms with Gasteiger partial charge in [0.1, 0.15) is 0 Å². The van der Waals surface area contributed by atoms with Gasteiger partial charge in [-0.2, -0.15) is 0 Å². The Morgan fingerprint density at radius 1 is 1.20 bits per heavy atom. The molecular weight excluding hydrogens is 182 g/mol. The lowest BCUT2D eigenvalue weighted by Gasteiger charge is -2.31. The Balaban J connectivity index is 3.12. The van der Waals surface area contributed by atoms with Gasteiger partial charge in [-0.15, -0.1) is 0 Å². The van der Waals surface area contributed by atoms with E-state index in [1.54, 1.807) is 0 Å². The largest absolute Gasteiger partial charge is 0.325 e. The predicted molar refractivity (Wildman–Crippen MR) is 67.1 cm³/mol. The highest BCUT2D eigenvalue weighted by Gasteiger charge is 2.26. The summed E-state index contributed by atoms with van der Waals surface area (Å²) < 4.78 is 0. The van der Waals surface area contributed by atoms with E-state index >= 15 is 0 Å². The molecule has 0 heterocycles. The minimum atomic E-state index is -0.139. The number of aryl methyl sites for hydroxylation is 1. The Labute approximate surface area is 93.7 Å². The molecule has 1 unspecified atom stereocenters. The molecule has 1 aromatic rings. The van der Waals surface area contributed by atoms with Crippen molar-refractivity contribution in [3.05, 3.63) is 35.4 Å². The van der Waals surface area contributed by atoms with Crippen molar-refractivity contribution in [3.63, 3.8) is 0 Å². The summed E-state index contributed by atoms with van der Waals surface area (Å²) in [6.07, 6.45) is 2.18. The van der Waals surface area contributed by atoms with Crippen LogP contribution in [0.3, 0.4) is 0 Å². The van der Waals surface area contributed by atoms with Crippen LogP contribution >= 0.6 is 0 Å². The summed E-state index contributed by atoms with van der Waals surface area (Å²) in [5, 5.41) is 0. The molecule has 0 bridgehead atoms. The average molecular weight is 205 g/mol. The molecule has 0 aliphatic carbocycles. The van der Waals surface area contributed by atoms with E-state index in [1.165, 1.54) is 11.1 Å². The number of hydrogen-bond donors (Lipinski definition) is 1. The van der Waals surface area contributed by atoms with Crippen molar-refractivity contribution >= 4 is 0 Å². The normalized spacial score (nSPS) is 13.9. The summed E-state index contributed by atoms with van der Waals surface area (Å²) in [5.41, 5.74) is 8.97. The van der Waals surface area contributed by atoms with Crippen molar-refractivity contribution in [2.24, 2.45) is 5.73 Å². The van der Waals surface area contributed by atoms with Crippen molar-refractivity contribution in [3.8, 4) is 0 Å². The van der Waals surface area contributed by atoms with Crippen LogP contribution in [0.2, 0.25) is 0 Å². The molecule has 0 spiro atoms. The van der Waals surface area contributed by atoms with Gasteiger partial charge in [0, 0.05) is 11.5 Å². The van der Waals surface area contributed by atoms with Gasteiger partial charge < -0.3 is 5.73 Å². The van der Waals surface area contributed by atoms with E-state index in [0.29, 0.717) is 5.92 Å². The second kappa shape index (κ2) is 4.80. The van der Waals surface area contributed by atoms with Crippen LogP contribution in [0.15, 0.2) is 24.3 Å². The van der Waals surface area contributed by atoms with Crippen molar-refractivity contribution in [1.82, 2.24) is 0 Å². The first-order chi connectivity index (χ1) is 7.00. The van der Waals surface area contributed by atoms with Gasteiger partial charge in [-0.3, -0.25) is 0 Å². The standard InChI is InChI=1S/C14H23N/c1-5-11-9-7-8-10-12(11)13(6-2)14(3,4)15/h7-10,13H,5-6,15H2,1-4H3. The fourth-order valence-electron chi connectivity index (χ4n) is 2.34. The molecule has 1 atom stereocenters. The summed E-state index contributed by atoms with van der Waals surface area (Å²) >= 11 is 0. The van der Waals surface area contributed by atoms with Crippen LogP contribution in [0.5, 0.6) is 0 Å². The van der Waals surface area contributed by atoms with Crippen LogP contribution in [-0.2, 0) is 6.42 Å². The third-order valence-electron chi connectivity index (χ3n) is 3.12. The minimum absolute atomic E-state index is 0.139. The average Bonchev–Trinajstić information content (AvgIpc) is 2.17. The van der Waals surface area contributed by atoms with E-state index < -0.39 is 0 Å². The van der Waals surface area contributed by atoms with Crippen LogP contribution in [-0.4, -0.2) is 5.54 Å². The monoisotopic (exact) mass is 205 g/mol. The van der Waals surface area contributed by atoms with E-state index in [2.05, 4.69) is 52.0 Å². The Kier molecular flexibility index (Phi) is 3.92. The zero-order valence-corrected chi connectivity index (χ0v) is 10.4. The molecule has 1 rings (SSSR count). The Hall–Kier alpha value is -0.820. The highest BCUT2D eigenvalue weighted by atomic mass is 14.7. The molecular formula is C14H23N. The predicted octanol–water partition coefficient (Wildman–Crippen LogP) is 3.48. The number of benzene rings is 1. The highest BCUT2D eigenvalue weighted by Crippen LogP contribution is 2.31. The lowest BCUT2D eigenvalue weighted by molar-refractivity contribution is 0.399. The number of rotatable bonds is 4. The zero-order chi connectivity index (χ0) is 11.5. The summed E-state index contributed by atoms with van der Waals surface area (Å²) in [7, 11) is 0. The maximum atomic E-state index is 6.25. The molecule has 0 aromatic heterocycles. The molecule has 0 amide bonds. The quantitative estimate of drug-likeness (QED) is 0.800. The molecule has 0 aliphatic rings. The third-order valence-corrected chi connectivity index (χ3v) is 3.12. The lowest BCUT2D eigenvalue weighted by Crippen LogP contribution is -2.39. The molecule has 0 saturated heterocycles. The minimum Gasteiger partial charge on any atom is -0.325 e. The summed E-state index contributed by atoms with van der Waals surface area (Å²) in [6, 6.07) is 8.66. The molecule has 15 heavy (non-hydrogen) atoms. The molecule has 0 fully saturated rings. The van der Waals surface area contributed by atoms with E-state index in [1.807, 2.05) is 0 Å². The first kappa shape index (κ1) is 12.3. The van der Waals surface area contributed by atoms with E-state index in [-0.39, 0.29) is 5.54 Å². The second-order valence-corrected chi connectivity index (χ2v) is 4.83. The van der Waals surface area contributed by atoms with Gasteiger partial charge in [-0.1, -0.05) is 38.1 Å². The smallest absolute Gasteiger partial charge is 0.0166 e. The van der Waals surface area contributed by atoms with Crippen molar-refractivity contribution in [2.45, 2.75) is 52.0 Å². The van der Waals surface area contributed by atoms with Crippen molar-refractivity contribution in [2.75, 3.05) is 0 Å². The van der Waals surface area contributed by atoms with Crippen LogP contribution in [0.1, 0.15) is 51.2 Å². The molecule has 84 valence electrons. The summed E-state index contributed by atoms with van der Waals surface area (Å²) in [6.45, 7) is 8.65. The van der Waals surface area contributed by atoms with Crippen LogP contribution < -0.4 is 5.73 Å². The first-order valence-corrected chi connectivity index (χ1v) is 5.87. The van der Waals surface area contributed by atoms with E-state index in [9.17, 15) is 0 Å². The van der Waals surface area contributed by atoms with Gasteiger partial charge in [-0.05, 0) is 37.8 Å². The van der Waals surface area contributed by atoms with Gasteiger partial charge in [0.2, 0.25) is 0 Å². The molecule has 1 aromatic carbocycles. The van der Waals surface area contributed by atoms with Crippen molar-refractivity contribution in [1.29, 1.82) is 0 Å². The maximum absolute atomic E-state index is 6.25. The molecule has 0 radical (unpaired) electrons. The highest BCUT2D eigenvalue weighted by molar-refractivity contribution is 5.32. The number of hydrogen-bond acceptors (Lipinski definition) is 1. The third kappa shape index (κ3) is 2.82. The van der Waals surface area contributed by atoms with Crippen LogP contribution in [0.4, 0.5) is 0 Å². The SMILES string of the molecule is CCc1ccccc1C(CC)C(C)(C)N. The van der Waals surface area contributed by atoms with Gasteiger partial charge in [-0.25, -0.2) is 0 Å². The molecule has 2 N–H and O–H groups in total. The maximum Gasteiger partial charge on any atom is 0.0166 e. The Morgan fingerprint density at radius 2 is 1.80 bits per heavy atom. The summed E-state index contributed by atoms with van der Waals surface area (Å²) in [5.74, 6) is 0.452. The van der Waals surface area contributed by atoms with Gasteiger partial charge in [0.25, 0.3) is 0 Å². The molecule has 0 aliphatic heterocycles. The Bertz CT molecular complexity index is 309. The fourth-order valence-corrected chi connectivity index (χ4v) is 2.34. The second-order valence-electron chi connectivity index (χ2n) is 4.83. The van der Waals surface area contributed by atoms with Gasteiger partial charge in [0.15, 0.2) is 0 Å². The van der Waals surface area contributed by atoms with Gasteiger partial charge in [0.05, 0.1) is 0 Å². The number of nitrogens with two attached hydrogens (primary N) is 1. The lowest BCUT2D eigenvalue weighted by atomic mass is 9.78. The molecule has 1 heteroatoms. The van der Waals surface area contributed by atoms with Crippen LogP contribution in [0, 0.1) is 0 Å². The van der Waals surface area contributed by atoms with E-state index in [4.69, 9.17) is 5.73 Å².